The lowest BCUT2D eigenvalue weighted by molar-refractivity contribution is -0.136. The first-order valence-corrected chi connectivity index (χ1v) is 20.1. The predicted octanol–water partition coefficient (Wildman–Crippen LogP) is 5.56. The first-order valence-electron chi connectivity index (χ1n) is 20.1. The van der Waals surface area contributed by atoms with Gasteiger partial charge in [0.1, 0.15) is 18.7 Å². The molecule has 1 fully saturated rings. The number of ether oxygens (including phenoxy) is 1. The summed E-state index contributed by atoms with van der Waals surface area (Å²) >= 11 is 0. The van der Waals surface area contributed by atoms with Gasteiger partial charge in [-0.05, 0) is 85.1 Å². The van der Waals surface area contributed by atoms with Crippen molar-refractivity contribution in [3.8, 4) is 0 Å². The van der Waals surface area contributed by atoms with Crippen LogP contribution in [0.1, 0.15) is 93.3 Å². The van der Waals surface area contributed by atoms with Gasteiger partial charge in [-0.15, -0.1) is 0 Å². The van der Waals surface area contributed by atoms with Gasteiger partial charge in [-0.3, -0.25) is 19.2 Å². The zero-order valence-electron chi connectivity index (χ0n) is 33.1. The average molecular weight is 755 g/mol. The highest BCUT2D eigenvalue weighted by Crippen LogP contribution is 2.35. The Bertz CT molecular complexity index is 1620. The number of aliphatic hydroxyl groups excluding tert-OH is 1. The van der Waals surface area contributed by atoms with Crippen molar-refractivity contribution in [2.24, 2.45) is 17.8 Å². The Kier molecular flexibility index (Phi) is 17.9. The number of amides is 4. The molecule has 0 spiro atoms. The second-order valence-electron chi connectivity index (χ2n) is 15.4. The van der Waals surface area contributed by atoms with Gasteiger partial charge in [-0.1, -0.05) is 107 Å². The fourth-order valence-electron chi connectivity index (χ4n) is 7.34. The second-order valence-corrected chi connectivity index (χ2v) is 15.4. The monoisotopic (exact) mass is 754 g/mol. The van der Waals surface area contributed by atoms with Gasteiger partial charge in [-0.25, -0.2) is 0 Å². The summed E-state index contributed by atoms with van der Waals surface area (Å²) in [6.07, 6.45) is 6.26. The molecule has 5 N–H and O–H groups in total. The highest BCUT2D eigenvalue weighted by Gasteiger charge is 2.33. The first-order chi connectivity index (χ1) is 26.6. The number of carbonyl (C=O) groups excluding carboxylic acids is 4. The van der Waals surface area contributed by atoms with Crippen LogP contribution in [0.15, 0.2) is 84.9 Å². The highest BCUT2D eigenvalue weighted by atomic mass is 16.5. The van der Waals surface area contributed by atoms with Crippen LogP contribution in [0.4, 0.5) is 0 Å². The lowest BCUT2D eigenvalue weighted by Crippen LogP contribution is -2.56. The van der Waals surface area contributed by atoms with E-state index in [9.17, 15) is 24.3 Å². The van der Waals surface area contributed by atoms with E-state index in [1.54, 1.807) is 0 Å². The third-order valence-corrected chi connectivity index (χ3v) is 10.7. The summed E-state index contributed by atoms with van der Waals surface area (Å²) in [4.78, 5) is 53.8. The van der Waals surface area contributed by atoms with Crippen molar-refractivity contribution in [1.82, 2.24) is 21.3 Å². The Balaban J connectivity index is 1.37. The van der Waals surface area contributed by atoms with Crippen LogP contribution in [0, 0.1) is 17.8 Å². The minimum atomic E-state index is -0.968. The van der Waals surface area contributed by atoms with Crippen molar-refractivity contribution >= 4 is 23.6 Å². The molecule has 6 atom stereocenters. The molecule has 0 aromatic heterocycles. The van der Waals surface area contributed by atoms with Gasteiger partial charge in [0.15, 0.2) is 0 Å². The number of unbranched alkanes of at least 4 members (excludes halogenated alkanes) is 1. The van der Waals surface area contributed by atoms with Crippen LogP contribution in [0.25, 0.3) is 0 Å². The molecule has 10 nitrogen and oxygen atoms in total. The van der Waals surface area contributed by atoms with Gasteiger partial charge >= 0.3 is 0 Å². The molecule has 0 saturated heterocycles. The maximum atomic E-state index is 14.0. The van der Waals surface area contributed by atoms with Crippen molar-refractivity contribution in [3.63, 3.8) is 0 Å². The van der Waals surface area contributed by atoms with E-state index < -0.39 is 29.9 Å². The molecular formula is C45H62N4O6. The molecule has 55 heavy (non-hydrogen) atoms. The lowest BCUT2D eigenvalue weighted by atomic mass is 9.75. The fraction of sp³-hybridized carbons (Fsp3) is 0.511. The third-order valence-electron chi connectivity index (χ3n) is 10.7. The smallest absolute Gasteiger partial charge is 0.251 e. The van der Waals surface area contributed by atoms with Crippen LogP contribution in [0.2, 0.25) is 0 Å². The van der Waals surface area contributed by atoms with Crippen LogP contribution in [-0.2, 0) is 38.4 Å². The van der Waals surface area contributed by atoms with Crippen molar-refractivity contribution < 1.29 is 29.0 Å². The van der Waals surface area contributed by atoms with E-state index in [1.165, 1.54) is 5.56 Å². The number of rotatable bonds is 21. The fourth-order valence-corrected chi connectivity index (χ4v) is 7.34. The normalized spacial score (nSPS) is 18.5. The Morgan fingerprint density at radius 2 is 1.36 bits per heavy atom. The highest BCUT2D eigenvalue weighted by molar-refractivity contribution is 5.94. The zero-order chi connectivity index (χ0) is 39.6. The largest absolute Gasteiger partial charge is 0.394 e. The molecule has 4 rings (SSSR count). The molecule has 0 heterocycles. The quantitative estimate of drug-likeness (QED) is 0.0902. The lowest BCUT2D eigenvalue weighted by Gasteiger charge is -2.37. The predicted molar refractivity (Wildman–Crippen MR) is 216 cm³/mol. The van der Waals surface area contributed by atoms with Gasteiger partial charge in [0.25, 0.3) is 5.91 Å². The van der Waals surface area contributed by atoms with Gasteiger partial charge < -0.3 is 31.1 Å². The maximum Gasteiger partial charge on any atom is 0.251 e. The number of hydrogen-bond acceptors (Lipinski definition) is 6. The van der Waals surface area contributed by atoms with E-state index >= 15 is 0 Å². The molecule has 1 aliphatic carbocycles. The summed E-state index contributed by atoms with van der Waals surface area (Å²) in [7, 11) is 0. The summed E-state index contributed by atoms with van der Waals surface area (Å²) in [5.41, 5.74) is 3.49. The number of nitrogens with one attached hydrogen (secondary N) is 4. The number of aryl methyl sites for hydroxylation is 1. The standard InChI is InChI=1S/C45H62N4O6/c1-5-33-20-22-36(23-21-33)43(52)46-25-13-12-18-37(29-50)47-44(53)40(28-35-16-10-7-11-17-35)49-45(54)39(27-34-14-8-6-9-15-34)48-42(51)30-55-41-26-32(4)19-24-38(41)31(2)3/h6-11,14-17,20-23,31-32,37-41,50H,5,12-13,18-19,24-30H2,1-4H3,(H,46,52)(H,47,53)(H,48,51)(H,49,54)/t32?,37-,38?,39?,40?,41?/m1/s1. The molecule has 0 radical (unpaired) electrons. The van der Waals surface area contributed by atoms with Crippen molar-refractivity contribution in [2.45, 2.75) is 110 Å². The molecule has 0 bridgehead atoms. The van der Waals surface area contributed by atoms with Crippen molar-refractivity contribution in [2.75, 3.05) is 19.8 Å². The Labute approximate surface area is 327 Å². The van der Waals surface area contributed by atoms with E-state index in [0.717, 1.165) is 36.8 Å². The molecule has 3 aromatic rings. The zero-order valence-corrected chi connectivity index (χ0v) is 33.1. The van der Waals surface area contributed by atoms with Gasteiger partial charge in [0.2, 0.25) is 17.7 Å². The second kappa shape index (κ2) is 22.7. The SMILES string of the molecule is CCc1ccc(C(=O)NCCCC[C@H](CO)NC(=O)C(Cc2ccccc2)NC(=O)C(Cc2ccccc2)NC(=O)COC2CC(C)CCC2C(C)C)cc1. The minimum absolute atomic E-state index is 0.0171. The number of benzene rings is 3. The summed E-state index contributed by atoms with van der Waals surface area (Å²) in [5, 5.41) is 21.9. The van der Waals surface area contributed by atoms with Gasteiger partial charge in [-0.2, -0.15) is 0 Å². The van der Waals surface area contributed by atoms with E-state index in [-0.39, 0.29) is 44.0 Å². The van der Waals surface area contributed by atoms with E-state index in [0.29, 0.717) is 49.1 Å². The number of aliphatic hydroxyl groups is 1. The van der Waals surface area contributed by atoms with Crippen molar-refractivity contribution in [3.05, 3.63) is 107 Å². The molecule has 5 unspecified atom stereocenters. The molecular weight excluding hydrogens is 693 g/mol. The van der Waals surface area contributed by atoms with Crippen LogP contribution >= 0.6 is 0 Å². The van der Waals surface area contributed by atoms with E-state index in [1.807, 2.05) is 84.9 Å². The van der Waals surface area contributed by atoms with E-state index in [4.69, 9.17) is 4.74 Å². The van der Waals surface area contributed by atoms with E-state index in [2.05, 4.69) is 49.0 Å². The summed E-state index contributed by atoms with van der Waals surface area (Å²) in [6.45, 7) is 8.70. The van der Waals surface area contributed by atoms with Gasteiger partial charge in [0, 0.05) is 24.9 Å². The molecule has 4 amide bonds. The van der Waals surface area contributed by atoms with Crippen LogP contribution < -0.4 is 21.3 Å². The Morgan fingerprint density at radius 3 is 1.95 bits per heavy atom. The van der Waals surface area contributed by atoms with Crippen LogP contribution in [-0.4, -0.2) is 72.7 Å². The molecule has 10 heteroatoms. The Morgan fingerprint density at radius 1 is 0.764 bits per heavy atom. The van der Waals surface area contributed by atoms with Crippen LogP contribution in [0.3, 0.4) is 0 Å². The Hall–Kier alpha value is -4.54. The average Bonchev–Trinajstić information content (AvgIpc) is 3.19. The van der Waals surface area contributed by atoms with Crippen molar-refractivity contribution in [1.29, 1.82) is 0 Å². The molecule has 1 saturated carbocycles. The maximum absolute atomic E-state index is 14.0. The molecule has 1 aliphatic rings. The molecule has 298 valence electrons. The summed E-state index contributed by atoms with van der Waals surface area (Å²) in [5.74, 6) is -0.0903. The first kappa shape index (κ1) is 43.2. The van der Waals surface area contributed by atoms with Gasteiger partial charge in [0.05, 0.1) is 18.8 Å². The number of carbonyl (C=O) groups is 4. The minimum Gasteiger partial charge on any atom is -0.394 e. The topological polar surface area (TPSA) is 146 Å². The summed E-state index contributed by atoms with van der Waals surface area (Å²) in [6, 6.07) is 23.9. The molecule has 0 aliphatic heterocycles. The molecule has 3 aromatic carbocycles. The number of hydrogen-bond donors (Lipinski definition) is 5. The van der Waals surface area contributed by atoms with Crippen LogP contribution in [0.5, 0.6) is 0 Å². The third kappa shape index (κ3) is 14.6. The summed E-state index contributed by atoms with van der Waals surface area (Å²) < 4.78 is 6.21.